The molecule has 0 aliphatic heterocycles. The Balaban J connectivity index is 2.30. The van der Waals surface area contributed by atoms with Gasteiger partial charge in [-0.1, -0.05) is 15.9 Å². The van der Waals surface area contributed by atoms with E-state index in [0.717, 1.165) is 20.3 Å². The van der Waals surface area contributed by atoms with Gasteiger partial charge in [0.25, 0.3) is 5.91 Å². The summed E-state index contributed by atoms with van der Waals surface area (Å²) in [6, 6.07) is 7.44. The third kappa shape index (κ3) is 3.37. The van der Waals surface area contributed by atoms with Gasteiger partial charge in [-0.2, -0.15) is 0 Å². The summed E-state index contributed by atoms with van der Waals surface area (Å²) in [4.78, 5) is 16.5. The lowest BCUT2D eigenvalue weighted by atomic mass is 10.2. The molecule has 104 valence electrons. The Bertz CT molecular complexity index is 659. The maximum Gasteiger partial charge on any atom is 0.259 e. The predicted octanol–water partition coefficient (Wildman–Crippen LogP) is 4.21. The maximum absolute atomic E-state index is 12.3. The first kappa shape index (κ1) is 15.0. The van der Waals surface area contributed by atoms with E-state index in [2.05, 4.69) is 47.5 Å². The maximum atomic E-state index is 12.3. The second-order valence-corrected chi connectivity index (χ2v) is 5.97. The van der Waals surface area contributed by atoms with E-state index >= 15 is 0 Å². The molecule has 6 heteroatoms. The summed E-state index contributed by atoms with van der Waals surface area (Å²) in [6.07, 6.45) is 1.57. The van der Waals surface area contributed by atoms with E-state index in [0.29, 0.717) is 11.3 Å². The molecule has 2 aromatic rings. The number of rotatable bonds is 3. The molecule has 20 heavy (non-hydrogen) atoms. The van der Waals surface area contributed by atoms with Gasteiger partial charge in [-0.05, 0) is 47.1 Å². The Kier molecular flexibility index (Phi) is 4.77. The van der Waals surface area contributed by atoms with Crippen LogP contribution in [0.15, 0.2) is 39.4 Å². The highest BCUT2D eigenvalue weighted by Crippen LogP contribution is 2.27. The molecule has 0 atom stereocenters. The second-order valence-electron chi connectivity index (χ2n) is 4.20. The topological polar surface area (TPSA) is 54.0 Å². The normalized spacial score (nSPS) is 10.2. The van der Waals surface area contributed by atoms with Gasteiger partial charge in [-0.3, -0.25) is 9.78 Å². The Morgan fingerprint density at radius 3 is 2.65 bits per heavy atom. The molecule has 0 saturated heterocycles. The Hall–Kier alpha value is -1.40. The molecule has 4 nitrogen and oxygen atoms in total. The lowest BCUT2D eigenvalue weighted by molar-refractivity contribution is 0.102. The summed E-state index contributed by atoms with van der Waals surface area (Å²) < 4.78 is 1.71. The van der Waals surface area contributed by atoms with Crippen LogP contribution in [0.5, 0.6) is 0 Å². The molecule has 1 aromatic heterocycles. The molecule has 2 N–H and O–H groups in total. The van der Waals surface area contributed by atoms with Gasteiger partial charge in [0.15, 0.2) is 0 Å². The van der Waals surface area contributed by atoms with Crippen molar-refractivity contribution in [1.29, 1.82) is 0 Å². The zero-order chi connectivity index (χ0) is 14.7. The molecule has 1 aromatic carbocycles. The molecule has 0 bridgehead atoms. The van der Waals surface area contributed by atoms with Crippen LogP contribution in [0.4, 0.5) is 11.4 Å². The molecule has 0 fully saturated rings. The van der Waals surface area contributed by atoms with Gasteiger partial charge in [-0.25, -0.2) is 0 Å². The van der Waals surface area contributed by atoms with Crippen LogP contribution in [-0.4, -0.2) is 17.9 Å². The van der Waals surface area contributed by atoms with Crippen molar-refractivity contribution < 1.29 is 4.79 Å². The van der Waals surface area contributed by atoms with E-state index in [-0.39, 0.29) is 5.91 Å². The standard InChI is InChI=1S/C14H13Br2N3O/c1-8-5-12(17-2)10(7-18-8)14(20)19-13-6-9(15)3-4-11(13)16/h3-7H,1-2H3,(H,17,18)(H,19,20). The van der Waals surface area contributed by atoms with Gasteiger partial charge in [0.05, 0.1) is 16.9 Å². The summed E-state index contributed by atoms with van der Waals surface area (Å²) in [5, 5.41) is 5.87. The summed E-state index contributed by atoms with van der Waals surface area (Å²) in [5.41, 5.74) is 2.81. The number of hydrogen-bond acceptors (Lipinski definition) is 3. The summed E-state index contributed by atoms with van der Waals surface area (Å²) in [7, 11) is 1.78. The minimum absolute atomic E-state index is 0.208. The molecule has 0 radical (unpaired) electrons. The Morgan fingerprint density at radius 2 is 1.95 bits per heavy atom. The second kappa shape index (κ2) is 6.37. The van der Waals surface area contributed by atoms with E-state index in [4.69, 9.17) is 0 Å². The minimum Gasteiger partial charge on any atom is -0.387 e. The molecule has 1 amide bonds. The van der Waals surface area contributed by atoms with Crippen LogP contribution in [0.25, 0.3) is 0 Å². The van der Waals surface area contributed by atoms with Gasteiger partial charge in [-0.15, -0.1) is 0 Å². The van der Waals surface area contributed by atoms with Crippen LogP contribution < -0.4 is 10.6 Å². The molecular formula is C14H13Br2N3O. The van der Waals surface area contributed by atoms with Crippen molar-refractivity contribution in [3.8, 4) is 0 Å². The summed E-state index contributed by atoms with van der Waals surface area (Å²) in [6.45, 7) is 1.88. The van der Waals surface area contributed by atoms with Crippen molar-refractivity contribution in [2.75, 3.05) is 17.7 Å². The van der Waals surface area contributed by atoms with Crippen LogP contribution in [0.3, 0.4) is 0 Å². The van der Waals surface area contributed by atoms with Gasteiger partial charge in [0, 0.05) is 27.9 Å². The quantitative estimate of drug-likeness (QED) is 0.814. The molecule has 2 rings (SSSR count). The molecule has 0 aliphatic rings. The van der Waals surface area contributed by atoms with Crippen molar-refractivity contribution in [2.45, 2.75) is 6.92 Å². The first-order chi connectivity index (χ1) is 9.51. The van der Waals surface area contributed by atoms with Crippen molar-refractivity contribution in [2.24, 2.45) is 0 Å². The van der Waals surface area contributed by atoms with Crippen molar-refractivity contribution in [3.05, 3.63) is 50.7 Å². The van der Waals surface area contributed by atoms with Crippen molar-refractivity contribution in [1.82, 2.24) is 4.98 Å². The highest BCUT2D eigenvalue weighted by molar-refractivity contribution is 9.11. The van der Waals surface area contributed by atoms with E-state index in [9.17, 15) is 4.79 Å². The van der Waals surface area contributed by atoms with Crippen LogP contribution in [0, 0.1) is 6.92 Å². The van der Waals surface area contributed by atoms with Gasteiger partial charge in [0.1, 0.15) is 0 Å². The fourth-order valence-electron chi connectivity index (χ4n) is 1.73. The lowest BCUT2D eigenvalue weighted by Crippen LogP contribution is -2.15. The van der Waals surface area contributed by atoms with Crippen LogP contribution in [0.2, 0.25) is 0 Å². The SMILES string of the molecule is CNc1cc(C)ncc1C(=O)Nc1cc(Br)ccc1Br. The van der Waals surface area contributed by atoms with Gasteiger partial charge >= 0.3 is 0 Å². The fourth-order valence-corrected chi connectivity index (χ4v) is 2.44. The van der Waals surface area contributed by atoms with Crippen LogP contribution >= 0.6 is 31.9 Å². The smallest absolute Gasteiger partial charge is 0.259 e. The number of nitrogens with zero attached hydrogens (tertiary/aromatic N) is 1. The zero-order valence-electron chi connectivity index (χ0n) is 11.0. The van der Waals surface area contributed by atoms with E-state index < -0.39 is 0 Å². The number of carbonyl (C=O) groups excluding carboxylic acids is 1. The average Bonchev–Trinajstić information content (AvgIpc) is 2.42. The summed E-state index contributed by atoms with van der Waals surface area (Å²) in [5.74, 6) is -0.208. The number of hydrogen-bond donors (Lipinski definition) is 2. The highest BCUT2D eigenvalue weighted by Gasteiger charge is 2.13. The number of nitrogens with one attached hydrogen (secondary N) is 2. The average molecular weight is 399 g/mol. The largest absolute Gasteiger partial charge is 0.387 e. The molecule has 0 spiro atoms. The monoisotopic (exact) mass is 397 g/mol. The predicted molar refractivity (Wildman–Crippen MR) is 88.3 cm³/mol. The molecular weight excluding hydrogens is 386 g/mol. The third-order valence-corrected chi connectivity index (χ3v) is 3.92. The number of pyridine rings is 1. The molecule has 0 saturated carbocycles. The zero-order valence-corrected chi connectivity index (χ0v) is 14.2. The number of benzene rings is 1. The number of halogens is 2. The van der Waals surface area contributed by atoms with Crippen molar-refractivity contribution >= 4 is 49.1 Å². The molecule has 0 unspecified atom stereocenters. The fraction of sp³-hybridized carbons (Fsp3) is 0.143. The highest BCUT2D eigenvalue weighted by atomic mass is 79.9. The van der Waals surface area contributed by atoms with E-state index in [1.54, 1.807) is 13.2 Å². The lowest BCUT2D eigenvalue weighted by Gasteiger charge is -2.11. The minimum atomic E-state index is -0.208. The van der Waals surface area contributed by atoms with Gasteiger partial charge in [0.2, 0.25) is 0 Å². The van der Waals surface area contributed by atoms with E-state index in [1.165, 1.54) is 0 Å². The Morgan fingerprint density at radius 1 is 1.20 bits per heavy atom. The first-order valence-electron chi connectivity index (χ1n) is 5.92. The third-order valence-electron chi connectivity index (χ3n) is 2.73. The number of anilines is 2. The van der Waals surface area contributed by atoms with Gasteiger partial charge < -0.3 is 10.6 Å². The summed E-state index contributed by atoms with van der Waals surface area (Å²) >= 11 is 6.80. The number of aryl methyl sites for hydroxylation is 1. The van der Waals surface area contributed by atoms with E-state index in [1.807, 2.05) is 31.2 Å². The van der Waals surface area contributed by atoms with Crippen LogP contribution in [-0.2, 0) is 0 Å². The Labute approximate surface area is 134 Å². The van der Waals surface area contributed by atoms with Crippen LogP contribution in [0.1, 0.15) is 16.1 Å². The number of amides is 1. The number of carbonyl (C=O) groups is 1. The number of aromatic nitrogens is 1. The van der Waals surface area contributed by atoms with Crippen molar-refractivity contribution in [3.63, 3.8) is 0 Å². The molecule has 0 aliphatic carbocycles. The molecule has 1 heterocycles. The first-order valence-corrected chi connectivity index (χ1v) is 7.50.